The Kier molecular flexibility index (Phi) is 4.48. The van der Waals surface area contributed by atoms with Gasteiger partial charge in [0, 0.05) is 28.8 Å². The lowest BCUT2D eigenvalue weighted by atomic mass is 10.0. The van der Waals surface area contributed by atoms with Crippen LogP contribution in [0.1, 0.15) is 27.7 Å². The van der Waals surface area contributed by atoms with Gasteiger partial charge in [0.05, 0.1) is 25.8 Å². The Morgan fingerprint density at radius 2 is 1.56 bits per heavy atom. The molecule has 0 bridgehead atoms. The van der Waals surface area contributed by atoms with E-state index in [0.717, 1.165) is 37.2 Å². The van der Waals surface area contributed by atoms with Crippen molar-refractivity contribution in [1.29, 1.82) is 0 Å². The number of benzene rings is 3. The van der Waals surface area contributed by atoms with Crippen molar-refractivity contribution in [3.8, 4) is 0 Å². The molecule has 0 saturated carbocycles. The standard InChI is InChI=1S/C22H23N3OS/c1-12(2)23-15-9-10-17(26)20-16(24-13(3)4)11-19-22(21(15)20)25-14-7-5-6-8-18(14)27-19/h5-13,23-24H,1-4H3. The second kappa shape index (κ2) is 6.82. The third kappa shape index (κ3) is 3.23. The summed E-state index contributed by atoms with van der Waals surface area (Å²) >= 11 is 1.71. The molecule has 5 heteroatoms. The van der Waals surface area contributed by atoms with Crippen molar-refractivity contribution >= 4 is 53.9 Å². The lowest BCUT2D eigenvalue weighted by Crippen LogP contribution is -2.15. The number of fused-ring (bicyclic) bond motifs is 4. The van der Waals surface area contributed by atoms with Crippen molar-refractivity contribution in [3.63, 3.8) is 0 Å². The summed E-state index contributed by atoms with van der Waals surface area (Å²) in [5.74, 6) is 0. The van der Waals surface area contributed by atoms with Gasteiger partial charge in [0.25, 0.3) is 0 Å². The van der Waals surface area contributed by atoms with Crippen LogP contribution >= 0.6 is 11.3 Å². The fourth-order valence-corrected chi connectivity index (χ4v) is 4.43. The third-order valence-electron chi connectivity index (χ3n) is 4.39. The number of hydrogen-bond acceptors (Lipinski definition) is 5. The van der Waals surface area contributed by atoms with Crippen LogP contribution in [0.3, 0.4) is 0 Å². The zero-order valence-electron chi connectivity index (χ0n) is 16.0. The van der Waals surface area contributed by atoms with Crippen molar-refractivity contribution < 1.29 is 0 Å². The van der Waals surface area contributed by atoms with Gasteiger partial charge in [-0.2, -0.15) is 0 Å². The van der Waals surface area contributed by atoms with Crippen LogP contribution in [0.2, 0.25) is 0 Å². The summed E-state index contributed by atoms with van der Waals surface area (Å²) in [7, 11) is 0. The first-order valence-electron chi connectivity index (χ1n) is 9.26. The van der Waals surface area contributed by atoms with Crippen molar-refractivity contribution in [2.24, 2.45) is 0 Å². The van der Waals surface area contributed by atoms with Crippen LogP contribution in [-0.2, 0) is 0 Å². The van der Waals surface area contributed by atoms with E-state index >= 15 is 0 Å². The Labute approximate surface area is 162 Å². The van der Waals surface area contributed by atoms with Gasteiger partial charge < -0.3 is 10.6 Å². The highest BCUT2D eigenvalue weighted by Gasteiger charge is 2.16. The van der Waals surface area contributed by atoms with Crippen LogP contribution in [0.25, 0.3) is 31.2 Å². The number of aromatic nitrogens is 1. The van der Waals surface area contributed by atoms with Crippen LogP contribution in [0.4, 0.5) is 11.4 Å². The van der Waals surface area contributed by atoms with E-state index in [4.69, 9.17) is 4.98 Å². The first kappa shape index (κ1) is 17.7. The van der Waals surface area contributed by atoms with E-state index in [-0.39, 0.29) is 17.5 Å². The zero-order chi connectivity index (χ0) is 19.1. The minimum atomic E-state index is 0.0179. The first-order valence-corrected chi connectivity index (χ1v) is 10.1. The normalized spacial score (nSPS) is 11.8. The van der Waals surface area contributed by atoms with E-state index in [0.29, 0.717) is 5.39 Å². The van der Waals surface area contributed by atoms with Crippen molar-refractivity contribution in [1.82, 2.24) is 4.98 Å². The minimum Gasteiger partial charge on any atom is -0.382 e. The molecule has 1 aromatic heterocycles. The smallest absolute Gasteiger partial charge is 0.188 e. The maximum atomic E-state index is 12.8. The first-order chi connectivity index (χ1) is 12.9. The molecule has 1 heterocycles. The molecule has 0 saturated heterocycles. The van der Waals surface area contributed by atoms with Gasteiger partial charge in [0.15, 0.2) is 5.43 Å². The van der Waals surface area contributed by atoms with E-state index in [2.05, 4.69) is 50.5 Å². The Hall–Kier alpha value is -2.66. The molecule has 0 spiro atoms. The number of para-hydroxylation sites is 1. The van der Waals surface area contributed by atoms with Crippen LogP contribution in [0.15, 0.2) is 47.3 Å². The highest BCUT2D eigenvalue weighted by atomic mass is 32.1. The predicted molar refractivity (Wildman–Crippen MR) is 118 cm³/mol. The molecule has 0 radical (unpaired) electrons. The summed E-state index contributed by atoms with van der Waals surface area (Å²) in [4.78, 5) is 17.8. The summed E-state index contributed by atoms with van der Waals surface area (Å²) in [6.45, 7) is 8.36. The molecule has 0 atom stereocenters. The highest BCUT2D eigenvalue weighted by molar-refractivity contribution is 7.24. The van der Waals surface area contributed by atoms with Gasteiger partial charge in [-0.05, 0) is 58.0 Å². The molecule has 0 unspecified atom stereocenters. The largest absolute Gasteiger partial charge is 0.382 e. The van der Waals surface area contributed by atoms with E-state index in [1.165, 1.54) is 0 Å². The Morgan fingerprint density at radius 3 is 2.30 bits per heavy atom. The monoisotopic (exact) mass is 377 g/mol. The molecule has 138 valence electrons. The van der Waals surface area contributed by atoms with Crippen molar-refractivity contribution in [2.75, 3.05) is 10.6 Å². The van der Waals surface area contributed by atoms with Crippen molar-refractivity contribution in [3.05, 3.63) is 52.7 Å². The van der Waals surface area contributed by atoms with Crippen LogP contribution < -0.4 is 16.1 Å². The van der Waals surface area contributed by atoms with E-state index in [1.54, 1.807) is 17.4 Å². The maximum Gasteiger partial charge on any atom is 0.188 e. The van der Waals surface area contributed by atoms with Crippen LogP contribution in [0, 0.1) is 0 Å². The summed E-state index contributed by atoms with van der Waals surface area (Å²) in [6, 6.07) is 14.2. The lowest BCUT2D eigenvalue weighted by Gasteiger charge is -2.18. The minimum absolute atomic E-state index is 0.0179. The topological polar surface area (TPSA) is 54.0 Å². The lowest BCUT2D eigenvalue weighted by molar-refractivity contribution is 0.900. The van der Waals surface area contributed by atoms with Crippen molar-refractivity contribution in [2.45, 2.75) is 39.8 Å². The molecule has 0 amide bonds. The Bertz CT molecular complexity index is 1210. The van der Waals surface area contributed by atoms with Crippen LogP contribution in [0.5, 0.6) is 0 Å². The fraction of sp³-hybridized carbons (Fsp3) is 0.273. The average molecular weight is 378 g/mol. The van der Waals surface area contributed by atoms with Crippen LogP contribution in [-0.4, -0.2) is 17.1 Å². The summed E-state index contributed by atoms with van der Waals surface area (Å²) in [5.41, 5.74) is 3.67. The SMILES string of the molecule is CC(C)Nc1cc2sc3ccccc3nc2c2c(NC(C)C)ccc(=O)c12. The van der Waals surface area contributed by atoms with E-state index in [1.807, 2.05) is 24.3 Å². The fourth-order valence-electron chi connectivity index (χ4n) is 3.41. The predicted octanol–water partition coefficient (Wildman–Crippen LogP) is 5.60. The number of nitrogens with one attached hydrogen (secondary N) is 2. The maximum absolute atomic E-state index is 12.8. The van der Waals surface area contributed by atoms with Gasteiger partial charge in [-0.15, -0.1) is 11.3 Å². The molecule has 0 aliphatic carbocycles. The number of hydrogen-bond donors (Lipinski definition) is 2. The molecule has 3 aromatic carbocycles. The van der Waals surface area contributed by atoms with Gasteiger partial charge in [-0.25, -0.2) is 4.98 Å². The van der Waals surface area contributed by atoms with E-state index in [9.17, 15) is 4.79 Å². The molecule has 0 aliphatic rings. The second-order valence-electron chi connectivity index (χ2n) is 7.41. The second-order valence-corrected chi connectivity index (χ2v) is 8.50. The molecule has 27 heavy (non-hydrogen) atoms. The summed E-state index contributed by atoms with van der Waals surface area (Å²) in [5, 5.41) is 8.56. The average Bonchev–Trinajstić information content (AvgIpc) is 2.61. The molecular formula is C22H23N3OS. The molecular weight excluding hydrogens is 354 g/mol. The van der Waals surface area contributed by atoms with Gasteiger partial charge in [-0.3, -0.25) is 4.79 Å². The highest BCUT2D eigenvalue weighted by Crippen LogP contribution is 2.37. The van der Waals surface area contributed by atoms with Gasteiger partial charge in [0.2, 0.25) is 0 Å². The Morgan fingerprint density at radius 1 is 0.852 bits per heavy atom. The molecule has 0 aliphatic heterocycles. The van der Waals surface area contributed by atoms with Gasteiger partial charge in [-0.1, -0.05) is 12.1 Å². The summed E-state index contributed by atoms with van der Waals surface area (Å²) < 4.78 is 2.21. The van der Waals surface area contributed by atoms with Gasteiger partial charge in [0.1, 0.15) is 0 Å². The number of anilines is 2. The Balaban J connectivity index is 2.20. The molecule has 4 rings (SSSR count). The molecule has 4 nitrogen and oxygen atoms in total. The third-order valence-corrected chi connectivity index (χ3v) is 5.48. The zero-order valence-corrected chi connectivity index (χ0v) is 16.8. The molecule has 0 fully saturated rings. The number of nitrogens with zero attached hydrogens (tertiary/aromatic N) is 1. The summed E-state index contributed by atoms with van der Waals surface area (Å²) in [6.07, 6.45) is 0. The molecule has 2 N–H and O–H groups in total. The van der Waals surface area contributed by atoms with E-state index < -0.39 is 0 Å². The quantitative estimate of drug-likeness (QED) is 0.359. The molecule has 4 aromatic rings. The van der Waals surface area contributed by atoms with Gasteiger partial charge >= 0.3 is 0 Å². The number of rotatable bonds is 4.